The third-order valence-electron chi connectivity index (χ3n) is 4.47. The molecule has 1 aliphatic heterocycles. The monoisotopic (exact) mass is 303 g/mol. The van der Waals surface area contributed by atoms with E-state index in [4.69, 9.17) is 4.84 Å². The van der Waals surface area contributed by atoms with Crippen molar-refractivity contribution in [3.8, 4) is 5.75 Å². The Hall–Kier alpha value is -1.32. The molecule has 1 heterocycles. The van der Waals surface area contributed by atoms with Crippen LogP contribution in [-0.4, -0.2) is 27.4 Å². The number of rotatable bonds is 4. The molecule has 1 saturated heterocycles. The van der Waals surface area contributed by atoms with Crippen molar-refractivity contribution in [2.75, 3.05) is 0 Å². The number of nitrogens with zero attached hydrogens (tertiary/aromatic N) is 1. The van der Waals surface area contributed by atoms with Crippen molar-refractivity contribution in [1.82, 2.24) is 5.06 Å². The summed E-state index contributed by atoms with van der Waals surface area (Å²) in [6, 6.07) is 6.21. The molecule has 3 heteroatoms. The van der Waals surface area contributed by atoms with Crippen molar-refractivity contribution in [3.63, 3.8) is 0 Å². The molecular formula is C19H29NO2. The third-order valence-corrected chi connectivity index (χ3v) is 4.47. The Morgan fingerprint density at radius 3 is 2.36 bits per heavy atom. The van der Waals surface area contributed by atoms with Gasteiger partial charge in [0.1, 0.15) is 0 Å². The summed E-state index contributed by atoms with van der Waals surface area (Å²) in [5, 5.41) is 12.2. The molecule has 1 fully saturated rings. The second kappa shape index (κ2) is 6.05. The van der Waals surface area contributed by atoms with Gasteiger partial charge in [-0.25, -0.2) is 0 Å². The molecule has 1 aromatic rings. The fraction of sp³-hybridized carbons (Fsp3) is 0.579. The van der Waals surface area contributed by atoms with Crippen LogP contribution in [0, 0.1) is 0 Å². The largest absolute Gasteiger partial charge is 0.405 e. The van der Waals surface area contributed by atoms with Gasteiger partial charge in [0, 0.05) is 0 Å². The number of aliphatic hydroxyl groups is 1. The standard InChI is InChI=1S/C19H29NO2/c1-7-14-9-10-15(8-2)17(11-14)22-20-18(3,4)12-16(21)13-19(20,5)6/h7,9-11,16,21H,1,8,12-13H2,2-6H3. The Kier molecular flexibility index (Phi) is 4.69. The molecule has 1 aliphatic rings. The van der Waals surface area contributed by atoms with E-state index in [-0.39, 0.29) is 17.2 Å². The van der Waals surface area contributed by atoms with Crippen LogP contribution in [-0.2, 0) is 6.42 Å². The van der Waals surface area contributed by atoms with E-state index in [0.29, 0.717) is 12.8 Å². The molecule has 0 spiro atoms. The third kappa shape index (κ3) is 3.36. The molecule has 1 N–H and O–H groups in total. The number of hydrogen-bond donors (Lipinski definition) is 1. The predicted molar refractivity (Wildman–Crippen MR) is 91.8 cm³/mol. The molecule has 122 valence electrons. The van der Waals surface area contributed by atoms with E-state index in [1.54, 1.807) is 0 Å². The lowest BCUT2D eigenvalue weighted by molar-refractivity contribution is -0.234. The fourth-order valence-electron chi connectivity index (χ4n) is 3.63. The average molecular weight is 303 g/mol. The maximum absolute atomic E-state index is 10.2. The summed E-state index contributed by atoms with van der Waals surface area (Å²) in [6.07, 6.45) is 3.89. The van der Waals surface area contributed by atoms with Crippen LogP contribution in [0.1, 0.15) is 58.6 Å². The summed E-state index contributed by atoms with van der Waals surface area (Å²) in [5.41, 5.74) is 1.79. The van der Waals surface area contributed by atoms with Gasteiger partial charge in [0.05, 0.1) is 17.2 Å². The van der Waals surface area contributed by atoms with Crippen LogP contribution < -0.4 is 4.84 Å². The van der Waals surface area contributed by atoms with Gasteiger partial charge in [-0.2, -0.15) is 0 Å². The summed E-state index contributed by atoms with van der Waals surface area (Å²) in [6.45, 7) is 14.5. The van der Waals surface area contributed by atoms with E-state index < -0.39 is 0 Å². The van der Waals surface area contributed by atoms with Crippen LogP contribution in [0.15, 0.2) is 24.8 Å². The fourth-order valence-corrected chi connectivity index (χ4v) is 3.63. The summed E-state index contributed by atoms with van der Waals surface area (Å²) in [5.74, 6) is 0.887. The highest BCUT2D eigenvalue weighted by Gasteiger charge is 2.47. The average Bonchev–Trinajstić information content (AvgIpc) is 2.41. The molecule has 2 rings (SSSR count). The molecule has 0 amide bonds. The second-order valence-electron chi connectivity index (χ2n) is 7.50. The lowest BCUT2D eigenvalue weighted by Crippen LogP contribution is -2.63. The summed E-state index contributed by atoms with van der Waals surface area (Å²) >= 11 is 0. The first kappa shape index (κ1) is 17.0. The molecule has 0 aromatic heterocycles. The van der Waals surface area contributed by atoms with E-state index in [2.05, 4.69) is 58.4 Å². The minimum Gasteiger partial charge on any atom is -0.405 e. The van der Waals surface area contributed by atoms with Gasteiger partial charge in [-0.1, -0.05) is 31.7 Å². The molecule has 0 saturated carbocycles. The Balaban J connectivity index is 2.37. The van der Waals surface area contributed by atoms with Gasteiger partial charge in [-0.15, -0.1) is 5.06 Å². The Morgan fingerprint density at radius 1 is 1.27 bits per heavy atom. The molecule has 3 nitrogen and oxygen atoms in total. The molecule has 0 radical (unpaired) electrons. The van der Waals surface area contributed by atoms with Gasteiger partial charge < -0.3 is 9.94 Å². The zero-order chi connectivity index (χ0) is 16.5. The zero-order valence-electron chi connectivity index (χ0n) is 14.5. The quantitative estimate of drug-likeness (QED) is 0.905. The molecule has 22 heavy (non-hydrogen) atoms. The Bertz CT molecular complexity index is 530. The van der Waals surface area contributed by atoms with Gasteiger partial charge in [0.15, 0.2) is 5.75 Å². The number of benzene rings is 1. The van der Waals surface area contributed by atoms with Crippen molar-refractivity contribution in [3.05, 3.63) is 35.9 Å². The number of aryl methyl sites for hydroxylation is 1. The number of hydrogen-bond acceptors (Lipinski definition) is 3. The molecule has 0 bridgehead atoms. The topological polar surface area (TPSA) is 32.7 Å². The van der Waals surface area contributed by atoms with Crippen LogP contribution >= 0.6 is 0 Å². The number of piperidine rings is 1. The van der Waals surface area contributed by atoms with Crippen LogP contribution in [0.3, 0.4) is 0 Å². The van der Waals surface area contributed by atoms with Crippen LogP contribution in [0.2, 0.25) is 0 Å². The summed E-state index contributed by atoms with van der Waals surface area (Å²) in [4.78, 5) is 6.37. The molecule has 1 aromatic carbocycles. The maximum atomic E-state index is 10.2. The van der Waals surface area contributed by atoms with Crippen LogP contribution in [0.5, 0.6) is 5.75 Å². The van der Waals surface area contributed by atoms with Gasteiger partial charge >= 0.3 is 0 Å². The first-order chi connectivity index (χ1) is 10.2. The van der Waals surface area contributed by atoms with Gasteiger partial charge in [-0.05, 0) is 64.2 Å². The molecular weight excluding hydrogens is 274 g/mol. The smallest absolute Gasteiger partial charge is 0.151 e. The Labute approximate surface area is 134 Å². The lowest BCUT2D eigenvalue weighted by Gasteiger charge is -2.52. The molecule has 0 aliphatic carbocycles. The number of aliphatic hydroxyl groups excluding tert-OH is 1. The minimum atomic E-state index is -0.282. The normalized spacial score (nSPS) is 21.5. The molecule has 0 atom stereocenters. The maximum Gasteiger partial charge on any atom is 0.151 e. The van der Waals surface area contributed by atoms with Crippen molar-refractivity contribution >= 4 is 6.08 Å². The van der Waals surface area contributed by atoms with Crippen LogP contribution in [0.4, 0.5) is 0 Å². The van der Waals surface area contributed by atoms with E-state index >= 15 is 0 Å². The van der Waals surface area contributed by atoms with Crippen molar-refractivity contribution in [2.24, 2.45) is 0 Å². The summed E-state index contributed by atoms with van der Waals surface area (Å²) < 4.78 is 0. The van der Waals surface area contributed by atoms with E-state index in [9.17, 15) is 5.11 Å². The highest BCUT2D eigenvalue weighted by Crippen LogP contribution is 2.39. The van der Waals surface area contributed by atoms with Gasteiger partial charge in [0.25, 0.3) is 0 Å². The predicted octanol–water partition coefficient (Wildman–Crippen LogP) is 4.20. The van der Waals surface area contributed by atoms with E-state index in [1.807, 2.05) is 12.1 Å². The van der Waals surface area contributed by atoms with Crippen molar-refractivity contribution in [1.29, 1.82) is 0 Å². The minimum absolute atomic E-state index is 0.226. The second-order valence-corrected chi connectivity index (χ2v) is 7.50. The molecule has 0 unspecified atom stereocenters. The lowest BCUT2D eigenvalue weighted by atomic mass is 9.80. The Morgan fingerprint density at radius 2 is 1.86 bits per heavy atom. The first-order valence-corrected chi connectivity index (χ1v) is 8.11. The van der Waals surface area contributed by atoms with E-state index in [1.165, 1.54) is 5.56 Å². The summed E-state index contributed by atoms with van der Waals surface area (Å²) in [7, 11) is 0. The van der Waals surface area contributed by atoms with Gasteiger partial charge in [-0.3, -0.25) is 0 Å². The van der Waals surface area contributed by atoms with Crippen molar-refractivity contribution < 1.29 is 9.94 Å². The zero-order valence-corrected chi connectivity index (χ0v) is 14.5. The highest BCUT2D eigenvalue weighted by molar-refractivity contribution is 5.52. The first-order valence-electron chi connectivity index (χ1n) is 8.11. The van der Waals surface area contributed by atoms with Gasteiger partial charge in [0.2, 0.25) is 0 Å². The van der Waals surface area contributed by atoms with Crippen molar-refractivity contribution in [2.45, 2.75) is 71.1 Å². The number of hydroxylamine groups is 2. The van der Waals surface area contributed by atoms with Crippen LogP contribution in [0.25, 0.3) is 6.08 Å². The SMILES string of the molecule is C=Cc1ccc(CC)c(ON2C(C)(C)CC(O)CC2(C)C)c1. The van der Waals surface area contributed by atoms with E-state index in [0.717, 1.165) is 17.7 Å². The highest BCUT2D eigenvalue weighted by atomic mass is 16.7.